The molecule has 2 aliphatic rings. The minimum Gasteiger partial charge on any atom is -0.375 e. The van der Waals surface area contributed by atoms with E-state index in [0.29, 0.717) is 12.6 Å². The average Bonchev–Trinajstić information content (AvgIpc) is 3.33. The molecule has 4 rings (SSSR count). The van der Waals surface area contributed by atoms with Gasteiger partial charge in [-0.3, -0.25) is 14.5 Å². The fourth-order valence-corrected chi connectivity index (χ4v) is 5.51. The Morgan fingerprint density at radius 1 is 0.941 bits per heavy atom. The number of nitrogens with zero attached hydrogens (tertiary/aromatic N) is 3. The molecule has 1 atom stereocenters. The van der Waals surface area contributed by atoms with Crippen LogP contribution in [0.5, 0.6) is 0 Å². The predicted molar refractivity (Wildman–Crippen MR) is 134 cm³/mol. The molecule has 2 saturated heterocycles. The minimum absolute atomic E-state index is 0.0484. The zero-order valence-electron chi connectivity index (χ0n) is 20.7. The minimum atomic E-state index is 0.0484. The molecular formula is C28H37N3O3. The van der Waals surface area contributed by atoms with Crippen LogP contribution in [0.1, 0.15) is 46.3 Å². The summed E-state index contributed by atoms with van der Waals surface area (Å²) < 4.78 is 5.17. The summed E-state index contributed by atoms with van der Waals surface area (Å²) in [4.78, 5) is 32.6. The van der Waals surface area contributed by atoms with Crippen LogP contribution in [-0.2, 0) is 16.1 Å². The lowest BCUT2D eigenvalue weighted by Gasteiger charge is -2.37. The molecule has 182 valence electrons. The quantitative estimate of drug-likeness (QED) is 0.629. The van der Waals surface area contributed by atoms with Gasteiger partial charge in [0.05, 0.1) is 0 Å². The standard InChI is InChI=1S/C28H37N3O3/c1-21-8-7-9-22(2)27(21)28(33)29-15-12-24(13-16-29)30-17-14-25(19-30)31(26(32)20-34-3)18-23-10-5-4-6-11-23/h4-11,24-25H,12-20H2,1-3H3/t25-/m1/s1. The highest BCUT2D eigenvalue weighted by molar-refractivity contribution is 5.97. The van der Waals surface area contributed by atoms with Crippen LogP contribution in [0, 0.1) is 13.8 Å². The van der Waals surface area contributed by atoms with E-state index in [9.17, 15) is 9.59 Å². The van der Waals surface area contributed by atoms with Crippen molar-refractivity contribution < 1.29 is 14.3 Å². The number of hydrogen-bond acceptors (Lipinski definition) is 4. The topological polar surface area (TPSA) is 53.1 Å². The van der Waals surface area contributed by atoms with Crippen LogP contribution in [0.25, 0.3) is 0 Å². The van der Waals surface area contributed by atoms with Crippen molar-refractivity contribution in [3.63, 3.8) is 0 Å². The van der Waals surface area contributed by atoms with Crippen molar-refractivity contribution in [2.24, 2.45) is 0 Å². The number of methoxy groups -OCH3 is 1. The Kier molecular flexibility index (Phi) is 8.01. The predicted octanol–water partition coefficient (Wildman–Crippen LogP) is 3.66. The fraction of sp³-hybridized carbons (Fsp3) is 0.500. The van der Waals surface area contributed by atoms with Crippen LogP contribution in [0.15, 0.2) is 48.5 Å². The van der Waals surface area contributed by atoms with Crippen molar-refractivity contribution in [3.05, 3.63) is 70.8 Å². The number of hydrogen-bond donors (Lipinski definition) is 0. The molecule has 2 amide bonds. The number of carbonyl (C=O) groups excluding carboxylic acids is 2. The van der Waals surface area contributed by atoms with Crippen LogP contribution < -0.4 is 0 Å². The van der Waals surface area contributed by atoms with Crippen molar-refractivity contribution >= 4 is 11.8 Å². The number of aryl methyl sites for hydroxylation is 2. The van der Waals surface area contributed by atoms with Gasteiger partial charge in [-0.2, -0.15) is 0 Å². The van der Waals surface area contributed by atoms with Gasteiger partial charge in [-0.15, -0.1) is 0 Å². The Labute approximate surface area is 203 Å². The summed E-state index contributed by atoms with van der Waals surface area (Å²) in [6, 6.07) is 16.9. The fourth-order valence-electron chi connectivity index (χ4n) is 5.51. The molecule has 34 heavy (non-hydrogen) atoms. The largest absolute Gasteiger partial charge is 0.375 e. The smallest absolute Gasteiger partial charge is 0.254 e. The zero-order valence-corrected chi connectivity index (χ0v) is 20.7. The van der Waals surface area contributed by atoms with Crippen LogP contribution in [-0.4, -0.2) is 78.5 Å². The molecule has 0 unspecified atom stereocenters. The summed E-state index contributed by atoms with van der Waals surface area (Å²) in [5, 5.41) is 0. The Morgan fingerprint density at radius 3 is 2.26 bits per heavy atom. The van der Waals surface area contributed by atoms with E-state index in [2.05, 4.69) is 17.0 Å². The van der Waals surface area contributed by atoms with Crippen LogP contribution in [0.3, 0.4) is 0 Å². The normalized spacial score (nSPS) is 19.4. The van der Waals surface area contributed by atoms with Gasteiger partial charge < -0.3 is 14.5 Å². The summed E-state index contributed by atoms with van der Waals surface area (Å²) in [6.45, 7) is 8.21. The molecule has 0 spiro atoms. The first-order chi connectivity index (χ1) is 16.5. The number of ether oxygens (including phenoxy) is 1. The second-order valence-corrected chi connectivity index (χ2v) is 9.67. The first-order valence-corrected chi connectivity index (χ1v) is 12.4. The van der Waals surface area contributed by atoms with Gasteiger partial charge in [0.15, 0.2) is 0 Å². The number of amides is 2. The highest BCUT2D eigenvalue weighted by atomic mass is 16.5. The van der Waals surface area contributed by atoms with Crippen molar-refractivity contribution in [2.45, 2.75) is 51.7 Å². The average molecular weight is 464 g/mol. The van der Waals surface area contributed by atoms with Gasteiger partial charge in [0.2, 0.25) is 5.91 Å². The molecule has 2 aromatic carbocycles. The maximum atomic E-state index is 13.2. The van der Waals surface area contributed by atoms with Crippen LogP contribution in [0.4, 0.5) is 0 Å². The van der Waals surface area contributed by atoms with Crippen molar-refractivity contribution in [1.29, 1.82) is 0 Å². The number of carbonyl (C=O) groups is 2. The third-order valence-electron chi connectivity index (χ3n) is 7.38. The lowest BCUT2D eigenvalue weighted by Crippen LogP contribution is -2.48. The summed E-state index contributed by atoms with van der Waals surface area (Å²) >= 11 is 0. The van der Waals surface area contributed by atoms with Gasteiger partial charge in [0, 0.05) is 57.5 Å². The maximum Gasteiger partial charge on any atom is 0.254 e. The van der Waals surface area contributed by atoms with Gasteiger partial charge >= 0.3 is 0 Å². The van der Waals surface area contributed by atoms with Crippen LogP contribution in [0.2, 0.25) is 0 Å². The third-order valence-corrected chi connectivity index (χ3v) is 7.38. The van der Waals surface area contributed by atoms with E-state index in [-0.39, 0.29) is 24.5 Å². The molecule has 6 nitrogen and oxygen atoms in total. The highest BCUT2D eigenvalue weighted by Gasteiger charge is 2.36. The van der Waals surface area contributed by atoms with E-state index in [1.165, 1.54) is 0 Å². The molecule has 2 heterocycles. The zero-order chi connectivity index (χ0) is 24.1. The van der Waals surface area contributed by atoms with E-state index in [1.807, 2.05) is 60.0 Å². The SMILES string of the molecule is COCC(=O)N(Cc1ccccc1)[C@@H]1CCN(C2CCN(C(=O)c3c(C)cccc3C)CC2)C1. The van der Waals surface area contributed by atoms with Gasteiger partial charge in [-0.1, -0.05) is 48.5 Å². The lowest BCUT2D eigenvalue weighted by atomic mass is 9.98. The molecule has 2 aromatic rings. The highest BCUT2D eigenvalue weighted by Crippen LogP contribution is 2.26. The number of likely N-dealkylation sites (tertiary alicyclic amines) is 2. The molecule has 2 fully saturated rings. The van der Waals surface area contributed by atoms with E-state index >= 15 is 0 Å². The molecule has 0 radical (unpaired) electrons. The van der Waals surface area contributed by atoms with Crippen LogP contribution >= 0.6 is 0 Å². The second kappa shape index (κ2) is 11.2. The molecule has 6 heteroatoms. The summed E-state index contributed by atoms with van der Waals surface area (Å²) in [6.07, 6.45) is 2.94. The maximum absolute atomic E-state index is 13.2. The lowest BCUT2D eigenvalue weighted by molar-refractivity contribution is -0.138. The molecule has 2 aliphatic heterocycles. The molecule has 0 saturated carbocycles. The molecule has 0 bridgehead atoms. The first-order valence-electron chi connectivity index (χ1n) is 12.4. The Bertz CT molecular complexity index is 965. The van der Waals surface area contributed by atoms with Gasteiger partial charge in [0.25, 0.3) is 5.91 Å². The number of rotatable bonds is 7. The van der Waals surface area contributed by atoms with E-state index < -0.39 is 0 Å². The molecule has 0 aliphatic carbocycles. The van der Waals surface area contributed by atoms with Crippen molar-refractivity contribution in [1.82, 2.24) is 14.7 Å². The Morgan fingerprint density at radius 2 is 1.62 bits per heavy atom. The number of piperidine rings is 1. The number of benzene rings is 2. The van der Waals surface area contributed by atoms with Gasteiger partial charge in [-0.05, 0) is 49.8 Å². The Balaban J connectivity index is 1.35. The molecular weight excluding hydrogens is 426 g/mol. The third kappa shape index (κ3) is 5.50. The van der Waals surface area contributed by atoms with E-state index in [1.54, 1.807) is 7.11 Å². The van der Waals surface area contributed by atoms with E-state index in [0.717, 1.165) is 67.7 Å². The summed E-state index contributed by atoms with van der Waals surface area (Å²) in [5.74, 6) is 0.208. The van der Waals surface area contributed by atoms with Crippen molar-refractivity contribution in [2.75, 3.05) is 39.9 Å². The Hall–Kier alpha value is -2.70. The molecule has 0 aromatic heterocycles. The second-order valence-electron chi connectivity index (χ2n) is 9.67. The monoisotopic (exact) mass is 463 g/mol. The van der Waals surface area contributed by atoms with Gasteiger partial charge in [0.1, 0.15) is 6.61 Å². The van der Waals surface area contributed by atoms with Crippen molar-refractivity contribution in [3.8, 4) is 0 Å². The summed E-state index contributed by atoms with van der Waals surface area (Å²) in [7, 11) is 1.58. The summed E-state index contributed by atoms with van der Waals surface area (Å²) in [5.41, 5.74) is 4.10. The van der Waals surface area contributed by atoms with Gasteiger partial charge in [-0.25, -0.2) is 0 Å². The van der Waals surface area contributed by atoms with E-state index in [4.69, 9.17) is 4.74 Å². The molecule has 0 N–H and O–H groups in total. The first kappa shape index (κ1) is 24.4.